The SMILES string of the molecule is O=C(CCl)Nc1cccc([C@@H]2SCC(=O)N2c2ccc(C(F)(F)F)cc2)c1. The van der Waals surface area contributed by atoms with Gasteiger partial charge in [-0.1, -0.05) is 12.1 Å². The Morgan fingerprint density at radius 1 is 1.22 bits per heavy atom. The zero-order valence-electron chi connectivity index (χ0n) is 13.8. The molecule has 1 aliphatic heterocycles. The van der Waals surface area contributed by atoms with Crippen molar-refractivity contribution in [3.8, 4) is 0 Å². The van der Waals surface area contributed by atoms with E-state index in [1.165, 1.54) is 28.8 Å². The summed E-state index contributed by atoms with van der Waals surface area (Å²) in [5.41, 5.74) is 0.898. The summed E-state index contributed by atoms with van der Waals surface area (Å²) in [5.74, 6) is -0.522. The molecule has 1 heterocycles. The van der Waals surface area contributed by atoms with Gasteiger partial charge in [0.15, 0.2) is 0 Å². The highest BCUT2D eigenvalue weighted by Gasteiger charge is 2.35. The number of hydrogen-bond acceptors (Lipinski definition) is 3. The third-order valence-electron chi connectivity index (χ3n) is 3.92. The number of anilines is 2. The third kappa shape index (κ3) is 4.39. The summed E-state index contributed by atoms with van der Waals surface area (Å²) in [6.07, 6.45) is -4.43. The molecule has 2 amide bonds. The second-order valence-electron chi connectivity index (χ2n) is 5.78. The first kappa shape index (κ1) is 19.6. The highest BCUT2D eigenvalue weighted by atomic mass is 35.5. The van der Waals surface area contributed by atoms with Crippen molar-refractivity contribution in [1.82, 2.24) is 0 Å². The number of carbonyl (C=O) groups excluding carboxylic acids is 2. The molecule has 0 radical (unpaired) electrons. The van der Waals surface area contributed by atoms with Gasteiger partial charge in [0.2, 0.25) is 11.8 Å². The molecule has 0 aromatic heterocycles. The molecule has 0 aliphatic carbocycles. The Hall–Kier alpha value is -2.19. The summed E-state index contributed by atoms with van der Waals surface area (Å²) < 4.78 is 38.3. The molecule has 1 aliphatic rings. The molecule has 1 atom stereocenters. The highest BCUT2D eigenvalue weighted by molar-refractivity contribution is 8.00. The third-order valence-corrected chi connectivity index (χ3v) is 5.37. The quantitative estimate of drug-likeness (QED) is 0.740. The van der Waals surface area contributed by atoms with Gasteiger partial charge in [0.05, 0.1) is 11.3 Å². The molecule has 1 fully saturated rings. The minimum absolute atomic E-state index is 0.182. The number of rotatable bonds is 4. The lowest BCUT2D eigenvalue weighted by Crippen LogP contribution is -2.28. The van der Waals surface area contributed by atoms with Gasteiger partial charge in [-0.25, -0.2) is 0 Å². The fraction of sp³-hybridized carbons (Fsp3) is 0.222. The van der Waals surface area contributed by atoms with Crippen molar-refractivity contribution in [2.75, 3.05) is 21.8 Å². The lowest BCUT2D eigenvalue weighted by atomic mass is 10.1. The van der Waals surface area contributed by atoms with Crippen molar-refractivity contribution in [1.29, 1.82) is 0 Å². The minimum Gasteiger partial charge on any atom is -0.325 e. The van der Waals surface area contributed by atoms with Crippen molar-refractivity contribution in [2.45, 2.75) is 11.6 Å². The van der Waals surface area contributed by atoms with Gasteiger partial charge in [0, 0.05) is 11.4 Å². The lowest BCUT2D eigenvalue weighted by molar-refractivity contribution is -0.137. The molecule has 0 saturated carbocycles. The molecule has 1 N–H and O–H groups in total. The maximum Gasteiger partial charge on any atom is 0.416 e. The van der Waals surface area contributed by atoms with Crippen molar-refractivity contribution >= 4 is 46.6 Å². The van der Waals surface area contributed by atoms with E-state index in [0.29, 0.717) is 11.4 Å². The molecule has 1 saturated heterocycles. The van der Waals surface area contributed by atoms with Crippen LogP contribution in [0.2, 0.25) is 0 Å². The van der Waals surface area contributed by atoms with Gasteiger partial charge >= 0.3 is 6.18 Å². The Morgan fingerprint density at radius 3 is 2.56 bits per heavy atom. The fourth-order valence-electron chi connectivity index (χ4n) is 2.73. The molecular formula is C18H14ClF3N2O2S. The zero-order chi connectivity index (χ0) is 19.6. The van der Waals surface area contributed by atoms with E-state index in [1.807, 2.05) is 0 Å². The van der Waals surface area contributed by atoms with Gasteiger partial charge in [0.25, 0.3) is 0 Å². The first-order valence-corrected chi connectivity index (χ1v) is 9.44. The Kier molecular flexibility index (Phi) is 5.67. The van der Waals surface area contributed by atoms with Crippen molar-refractivity contribution in [3.63, 3.8) is 0 Å². The number of thioether (sulfide) groups is 1. The number of carbonyl (C=O) groups is 2. The van der Waals surface area contributed by atoms with Gasteiger partial charge in [0.1, 0.15) is 11.3 Å². The number of halogens is 4. The number of alkyl halides is 4. The molecule has 0 bridgehead atoms. The highest BCUT2D eigenvalue weighted by Crippen LogP contribution is 2.42. The van der Waals surface area contributed by atoms with E-state index in [2.05, 4.69) is 5.32 Å². The Labute approximate surface area is 162 Å². The van der Waals surface area contributed by atoms with E-state index in [-0.39, 0.29) is 23.4 Å². The first-order valence-electron chi connectivity index (χ1n) is 7.86. The maximum atomic E-state index is 12.8. The number of nitrogens with one attached hydrogen (secondary N) is 1. The molecular weight excluding hydrogens is 401 g/mol. The number of amides is 2. The minimum atomic E-state index is -4.43. The Balaban J connectivity index is 1.89. The summed E-state index contributed by atoms with van der Waals surface area (Å²) in [5, 5.41) is 2.24. The van der Waals surface area contributed by atoms with Gasteiger partial charge in [-0.2, -0.15) is 13.2 Å². The average Bonchev–Trinajstić information content (AvgIpc) is 3.02. The van der Waals surface area contributed by atoms with Gasteiger partial charge in [-0.15, -0.1) is 23.4 Å². The monoisotopic (exact) mass is 414 g/mol. The molecule has 3 rings (SSSR count). The van der Waals surface area contributed by atoms with Gasteiger partial charge < -0.3 is 5.32 Å². The molecule has 2 aromatic carbocycles. The van der Waals surface area contributed by atoms with Gasteiger partial charge in [-0.05, 0) is 42.0 Å². The topological polar surface area (TPSA) is 49.4 Å². The van der Waals surface area contributed by atoms with Crippen LogP contribution in [0.25, 0.3) is 0 Å². The predicted molar refractivity (Wildman–Crippen MR) is 99.9 cm³/mol. The van der Waals surface area contributed by atoms with Crippen LogP contribution in [-0.2, 0) is 15.8 Å². The van der Waals surface area contributed by atoms with Crippen LogP contribution in [0.5, 0.6) is 0 Å². The van der Waals surface area contributed by atoms with Crippen LogP contribution in [0.15, 0.2) is 48.5 Å². The van der Waals surface area contributed by atoms with Crippen LogP contribution in [-0.4, -0.2) is 23.4 Å². The van der Waals surface area contributed by atoms with Crippen LogP contribution < -0.4 is 10.2 Å². The van der Waals surface area contributed by atoms with E-state index in [0.717, 1.165) is 17.7 Å². The lowest BCUT2D eigenvalue weighted by Gasteiger charge is -2.25. The Bertz CT molecular complexity index is 858. The molecule has 0 spiro atoms. The standard InChI is InChI=1S/C18H14ClF3N2O2S/c19-9-15(25)23-13-3-1-2-11(8-13)17-24(16(26)10-27-17)14-6-4-12(5-7-14)18(20,21)22/h1-8,17H,9-10H2,(H,23,25)/t17-/m0/s1. The van der Waals surface area contributed by atoms with Crippen LogP contribution in [0.3, 0.4) is 0 Å². The van der Waals surface area contributed by atoms with Crippen LogP contribution in [0.4, 0.5) is 24.5 Å². The van der Waals surface area contributed by atoms with Crippen LogP contribution >= 0.6 is 23.4 Å². The largest absolute Gasteiger partial charge is 0.416 e. The van der Waals surface area contributed by atoms with E-state index in [4.69, 9.17) is 11.6 Å². The molecule has 2 aromatic rings. The summed E-state index contributed by atoms with van der Waals surface area (Å²) >= 11 is 6.85. The fourth-order valence-corrected chi connectivity index (χ4v) is 3.96. The normalized spacial score (nSPS) is 17.3. The molecule has 27 heavy (non-hydrogen) atoms. The smallest absolute Gasteiger partial charge is 0.325 e. The molecule has 4 nitrogen and oxygen atoms in total. The van der Waals surface area contributed by atoms with E-state index in [1.54, 1.807) is 24.3 Å². The summed E-state index contributed by atoms with van der Waals surface area (Å²) in [6, 6.07) is 11.4. The van der Waals surface area contributed by atoms with E-state index in [9.17, 15) is 22.8 Å². The van der Waals surface area contributed by atoms with Crippen LogP contribution in [0.1, 0.15) is 16.5 Å². The van der Waals surface area contributed by atoms with Crippen molar-refractivity contribution in [2.24, 2.45) is 0 Å². The number of benzene rings is 2. The van der Waals surface area contributed by atoms with Crippen molar-refractivity contribution < 1.29 is 22.8 Å². The summed E-state index contributed by atoms with van der Waals surface area (Å²) in [4.78, 5) is 25.3. The number of nitrogens with zero attached hydrogens (tertiary/aromatic N) is 1. The molecule has 0 unspecified atom stereocenters. The summed E-state index contributed by atoms with van der Waals surface area (Å²) in [6.45, 7) is 0. The average molecular weight is 415 g/mol. The summed E-state index contributed by atoms with van der Waals surface area (Å²) in [7, 11) is 0. The van der Waals surface area contributed by atoms with Crippen LogP contribution in [0, 0.1) is 0 Å². The maximum absolute atomic E-state index is 12.8. The zero-order valence-corrected chi connectivity index (χ0v) is 15.4. The first-order chi connectivity index (χ1) is 12.8. The molecule has 9 heteroatoms. The molecule has 142 valence electrons. The van der Waals surface area contributed by atoms with Gasteiger partial charge in [-0.3, -0.25) is 14.5 Å². The van der Waals surface area contributed by atoms with E-state index >= 15 is 0 Å². The van der Waals surface area contributed by atoms with E-state index < -0.39 is 17.1 Å². The second kappa shape index (κ2) is 7.82. The predicted octanol–water partition coefficient (Wildman–Crippen LogP) is 4.66. The number of hydrogen-bond donors (Lipinski definition) is 1. The Morgan fingerprint density at radius 2 is 1.93 bits per heavy atom. The van der Waals surface area contributed by atoms with Crippen molar-refractivity contribution in [3.05, 3.63) is 59.7 Å². The second-order valence-corrected chi connectivity index (χ2v) is 7.11.